The van der Waals surface area contributed by atoms with Crippen molar-refractivity contribution >= 4 is 0 Å². The number of hydrogen-bond acceptors (Lipinski definition) is 3. The Kier molecular flexibility index (Phi) is 4.22. The Labute approximate surface area is 114 Å². The molecule has 102 valence electrons. The van der Waals surface area contributed by atoms with Crippen LogP contribution in [0.4, 0.5) is 0 Å². The highest BCUT2D eigenvalue weighted by molar-refractivity contribution is 5.37. The number of ether oxygens (including phenoxy) is 1. The summed E-state index contributed by atoms with van der Waals surface area (Å²) in [6, 6.07) is 8.01. The van der Waals surface area contributed by atoms with Crippen LogP contribution in [0.1, 0.15) is 31.3 Å². The lowest BCUT2D eigenvalue weighted by Gasteiger charge is -2.26. The van der Waals surface area contributed by atoms with Gasteiger partial charge in [-0.15, -0.1) is 0 Å². The molecule has 19 heavy (non-hydrogen) atoms. The van der Waals surface area contributed by atoms with Crippen molar-refractivity contribution in [2.24, 2.45) is 5.73 Å². The molecule has 0 aliphatic carbocycles. The predicted octanol–water partition coefficient (Wildman–Crippen LogP) is 2.39. The van der Waals surface area contributed by atoms with Gasteiger partial charge >= 0.3 is 0 Å². The van der Waals surface area contributed by atoms with Crippen molar-refractivity contribution in [3.05, 3.63) is 48.0 Å². The lowest BCUT2D eigenvalue weighted by molar-refractivity contribution is 0.391. The van der Waals surface area contributed by atoms with E-state index in [-0.39, 0.29) is 12.1 Å². The molecule has 0 spiro atoms. The predicted molar refractivity (Wildman–Crippen MR) is 76.4 cm³/mol. The first-order valence-electron chi connectivity index (χ1n) is 6.59. The Bertz CT molecular complexity index is 534. The highest BCUT2D eigenvalue weighted by atomic mass is 16.5. The number of rotatable bonds is 5. The molecule has 1 aromatic carbocycles. The van der Waals surface area contributed by atoms with Gasteiger partial charge in [0.15, 0.2) is 0 Å². The molecule has 2 atom stereocenters. The third kappa shape index (κ3) is 2.63. The lowest BCUT2D eigenvalue weighted by atomic mass is 9.99. The van der Waals surface area contributed by atoms with Crippen LogP contribution in [0.15, 0.2) is 36.7 Å². The molecule has 0 aliphatic heterocycles. The van der Waals surface area contributed by atoms with Crippen LogP contribution in [0.25, 0.3) is 0 Å². The van der Waals surface area contributed by atoms with Gasteiger partial charge in [0.2, 0.25) is 0 Å². The first kappa shape index (κ1) is 13.6. The van der Waals surface area contributed by atoms with Gasteiger partial charge in [-0.25, -0.2) is 4.98 Å². The molecule has 0 amide bonds. The first-order chi connectivity index (χ1) is 9.19. The fourth-order valence-corrected chi connectivity index (χ4v) is 2.47. The normalized spacial score (nSPS) is 14.1. The van der Waals surface area contributed by atoms with Crippen LogP contribution in [0.2, 0.25) is 0 Å². The van der Waals surface area contributed by atoms with E-state index in [2.05, 4.69) is 22.5 Å². The van der Waals surface area contributed by atoms with Crippen LogP contribution in [0.5, 0.6) is 5.75 Å². The summed E-state index contributed by atoms with van der Waals surface area (Å²) in [7, 11) is 1.69. The van der Waals surface area contributed by atoms with Crippen LogP contribution in [0.3, 0.4) is 0 Å². The Balaban J connectivity index is 2.52. The Morgan fingerprint density at radius 2 is 2.11 bits per heavy atom. The summed E-state index contributed by atoms with van der Waals surface area (Å²) in [6.45, 7) is 4.11. The van der Waals surface area contributed by atoms with Crippen molar-refractivity contribution < 1.29 is 4.74 Å². The molecule has 0 aliphatic rings. The summed E-state index contributed by atoms with van der Waals surface area (Å²) in [5.74, 6) is 1.90. The smallest absolute Gasteiger partial charge is 0.124 e. The topological polar surface area (TPSA) is 53.1 Å². The number of hydrogen-bond donors (Lipinski definition) is 1. The zero-order chi connectivity index (χ0) is 13.8. The minimum Gasteiger partial charge on any atom is -0.496 e. The molecule has 2 N–H and O–H groups in total. The summed E-state index contributed by atoms with van der Waals surface area (Å²) in [4.78, 5) is 4.39. The number of para-hydroxylation sites is 1. The van der Waals surface area contributed by atoms with Crippen molar-refractivity contribution in [1.29, 1.82) is 0 Å². The van der Waals surface area contributed by atoms with E-state index in [9.17, 15) is 0 Å². The lowest BCUT2D eigenvalue weighted by Crippen LogP contribution is -2.31. The van der Waals surface area contributed by atoms with Gasteiger partial charge in [0.05, 0.1) is 13.2 Å². The minimum absolute atomic E-state index is 0.0317. The summed E-state index contributed by atoms with van der Waals surface area (Å²) >= 11 is 0. The van der Waals surface area contributed by atoms with Gasteiger partial charge in [-0.1, -0.05) is 25.1 Å². The Hall–Kier alpha value is -1.81. The third-order valence-electron chi connectivity index (χ3n) is 3.32. The second kappa shape index (κ2) is 5.89. The number of aromatic nitrogens is 2. The molecular formula is C15H21N3O. The van der Waals surface area contributed by atoms with Crippen molar-refractivity contribution in [2.75, 3.05) is 7.11 Å². The molecular weight excluding hydrogens is 238 g/mol. The zero-order valence-corrected chi connectivity index (χ0v) is 11.7. The molecule has 4 nitrogen and oxygen atoms in total. The van der Waals surface area contributed by atoms with E-state index in [1.165, 1.54) is 0 Å². The van der Waals surface area contributed by atoms with Gasteiger partial charge in [-0.2, -0.15) is 0 Å². The molecule has 0 bridgehead atoms. The van der Waals surface area contributed by atoms with Crippen molar-refractivity contribution in [3.8, 4) is 5.75 Å². The van der Waals surface area contributed by atoms with Crippen LogP contribution in [0, 0.1) is 0 Å². The van der Waals surface area contributed by atoms with Gasteiger partial charge in [0.1, 0.15) is 11.6 Å². The summed E-state index contributed by atoms with van der Waals surface area (Å²) < 4.78 is 7.60. The first-order valence-corrected chi connectivity index (χ1v) is 6.59. The average molecular weight is 259 g/mol. The number of imidazole rings is 1. The summed E-state index contributed by atoms with van der Waals surface area (Å²) in [5.41, 5.74) is 7.29. The molecule has 1 heterocycles. The molecule has 1 aromatic heterocycles. The van der Waals surface area contributed by atoms with Crippen LogP contribution in [-0.2, 0) is 6.42 Å². The molecule has 2 rings (SSSR count). The van der Waals surface area contributed by atoms with E-state index in [0.717, 1.165) is 23.6 Å². The summed E-state index contributed by atoms with van der Waals surface area (Å²) in [5, 5.41) is 0. The molecule has 4 heteroatoms. The van der Waals surface area contributed by atoms with Gasteiger partial charge < -0.3 is 15.0 Å². The Morgan fingerprint density at radius 1 is 1.37 bits per heavy atom. The fourth-order valence-electron chi connectivity index (χ4n) is 2.47. The molecule has 2 aromatic rings. The molecule has 0 saturated carbocycles. The number of nitrogens with zero attached hydrogens (tertiary/aromatic N) is 2. The summed E-state index contributed by atoms with van der Waals surface area (Å²) in [6.07, 6.45) is 4.69. The minimum atomic E-state index is -0.0317. The molecule has 0 fully saturated rings. The average Bonchev–Trinajstić information content (AvgIpc) is 2.87. The molecule has 0 radical (unpaired) electrons. The van der Waals surface area contributed by atoms with Crippen LogP contribution >= 0.6 is 0 Å². The largest absolute Gasteiger partial charge is 0.496 e. The molecule has 2 unspecified atom stereocenters. The maximum absolute atomic E-state index is 6.20. The monoisotopic (exact) mass is 259 g/mol. The third-order valence-corrected chi connectivity index (χ3v) is 3.32. The van der Waals surface area contributed by atoms with Gasteiger partial charge in [0.25, 0.3) is 0 Å². The van der Waals surface area contributed by atoms with Gasteiger partial charge in [-0.05, 0) is 13.0 Å². The van der Waals surface area contributed by atoms with E-state index in [4.69, 9.17) is 10.5 Å². The SMILES string of the molecule is CCc1nccn1C(c1ccccc1OC)C(C)N. The number of nitrogens with two attached hydrogens (primary N) is 1. The number of benzene rings is 1. The van der Waals surface area contributed by atoms with Gasteiger partial charge in [-0.3, -0.25) is 0 Å². The highest BCUT2D eigenvalue weighted by Gasteiger charge is 2.23. The van der Waals surface area contributed by atoms with E-state index < -0.39 is 0 Å². The van der Waals surface area contributed by atoms with Crippen molar-refractivity contribution in [3.63, 3.8) is 0 Å². The Morgan fingerprint density at radius 3 is 2.74 bits per heavy atom. The van der Waals surface area contributed by atoms with E-state index >= 15 is 0 Å². The van der Waals surface area contributed by atoms with E-state index in [1.54, 1.807) is 7.11 Å². The number of methoxy groups -OCH3 is 1. The molecule has 0 saturated heterocycles. The quantitative estimate of drug-likeness (QED) is 0.897. The second-order valence-corrected chi connectivity index (χ2v) is 4.65. The van der Waals surface area contributed by atoms with E-state index in [1.807, 2.05) is 37.5 Å². The zero-order valence-electron chi connectivity index (χ0n) is 11.7. The van der Waals surface area contributed by atoms with Gasteiger partial charge in [0, 0.05) is 30.4 Å². The highest BCUT2D eigenvalue weighted by Crippen LogP contribution is 2.30. The van der Waals surface area contributed by atoms with Crippen LogP contribution < -0.4 is 10.5 Å². The number of aryl methyl sites for hydroxylation is 1. The van der Waals surface area contributed by atoms with Crippen molar-refractivity contribution in [2.45, 2.75) is 32.4 Å². The maximum atomic E-state index is 6.20. The fraction of sp³-hybridized carbons (Fsp3) is 0.400. The maximum Gasteiger partial charge on any atom is 0.124 e. The van der Waals surface area contributed by atoms with Crippen molar-refractivity contribution in [1.82, 2.24) is 9.55 Å². The second-order valence-electron chi connectivity index (χ2n) is 4.65. The van der Waals surface area contributed by atoms with E-state index in [0.29, 0.717) is 0 Å². The standard InChI is InChI=1S/C15H21N3O/c1-4-14-17-9-10-18(14)15(11(2)16)12-7-5-6-8-13(12)19-3/h5-11,15H,4,16H2,1-3H3. The van der Waals surface area contributed by atoms with Crippen LogP contribution in [-0.4, -0.2) is 22.7 Å².